The zero-order valence-electron chi connectivity index (χ0n) is 14.4. The van der Waals surface area contributed by atoms with E-state index >= 15 is 0 Å². The number of nitrogens with one attached hydrogen (secondary N) is 1. The van der Waals surface area contributed by atoms with Crippen molar-refractivity contribution in [3.63, 3.8) is 0 Å². The number of hydrogen-bond donors (Lipinski definition) is 1. The van der Waals surface area contributed by atoms with E-state index in [1.165, 1.54) is 4.42 Å². The Morgan fingerprint density at radius 1 is 1.19 bits per heavy atom. The summed E-state index contributed by atoms with van der Waals surface area (Å²) in [4.78, 5) is 19.6. The lowest BCUT2D eigenvalue weighted by molar-refractivity contribution is -0.114. The number of hydrogen-bond acceptors (Lipinski definition) is 4. The van der Waals surface area contributed by atoms with Crippen molar-refractivity contribution >= 4 is 29.1 Å². The number of carbonyl (C=O) groups excluding carboxylic acids is 1. The van der Waals surface area contributed by atoms with Gasteiger partial charge in [0.2, 0.25) is 0 Å². The SMILES string of the molecule is CCNC=C1C(=O)N2c3ccccc3C(c3ccccc3)=NCC2N1Cl. The van der Waals surface area contributed by atoms with Gasteiger partial charge in [0.1, 0.15) is 11.9 Å². The molecule has 1 unspecified atom stereocenters. The Labute approximate surface area is 157 Å². The van der Waals surface area contributed by atoms with Gasteiger partial charge >= 0.3 is 0 Å². The molecule has 5 nitrogen and oxygen atoms in total. The summed E-state index contributed by atoms with van der Waals surface area (Å²) in [5, 5.41) is 3.06. The molecular weight excluding hydrogens is 348 g/mol. The van der Waals surface area contributed by atoms with Gasteiger partial charge in [-0.1, -0.05) is 48.5 Å². The van der Waals surface area contributed by atoms with Gasteiger partial charge in [-0.3, -0.25) is 19.1 Å². The van der Waals surface area contributed by atoms with Crippen molar-refractivity contribution in [3.05, 3.63) is 77.6 Å². The van der Waals surface area contributed by atoms with Gasteiger partial charge < -0.3 is 5.32 Å². The molecule has 6 heteroatoms. The molecule has 0 aromatic heterocycles. The molecular formula is C20H19ClN4O. The third-order valence-electron chi connectivity index (χ3n) is 4.55. The molecule has 1 atom stereocenters. The molecule has 2 aromatic rings. The number of para-hydroxylation sites is 1. The molecule has 1 amide bonds. The fourth-order valence-electron chi connectivity index (χ4n) is 3.34. The molecule has 0 radical (unpaired) electrons. The van der Waals surface area contributed by atoms with Crippen LogP contribution in [0.25, 0.3) is 0 Å². The van der Waals surface area contributed by atoms with Crippen LogP contribution in [-0.4, -0.2) is 35.3 Å². The van der Waals surface area contributed by atoms with Crippen molar-refractivity contribution in [1.29, 1.82) is 0 Å². The first-order valence-electron chi connectivity index (χ1n) is 8.63. The smallest absolute Gasteiger partial charge is 0.279 e. The monoisotopic (exact) mass is 366 g/mol. The third-order valence-corrected chi connectivity index (χ3v) is 4.96. The van der Waals surface area contributed by atoms with E-state index in [-0.39, 0.29) is 12.1 Å². The molecule has 2 heterocycles. The second-order valence-electron chi connectivity index (χ2n) is 6.13. The lowest BCUT2D eigenvalue weighted by Gasteiger charge is -2.24. The molecule has 2 aliphatic rings. The summed E-state index contributed by atoms with van der Waals surface area (Å²) in [6.45, 7) is 3.09. The summed E-state index contributed by atoms with van der Waals surface area (Å²) in [6.07, 6.45) is 1.32. The normalized spacial score (nSPS) is 20.5. The predicted octanol–water partition coefficient (Wildman–Crippen LogP) is 3.12. The van der Waals surface area contributed by atoms with E-state index in [9.17, 15) is 4.79 Å². The van der Waals surface area contributed by atoms with Crippen molar-refractivity contribution in [3.8, 4) is 0 Å². The highest BCUT2D eigenvalue weighted by Crippen LogP contribution is 2.37. The van der Waals surface area contributed by atoms with Crippen LogP contribution in [0.1, 0.15) is 18.1 Å². The largest absolute Gasteiger partial charge is 0.389 e. The van der Waals surface area contributed by atoms with Crippen LogP contribution in [0.15, 0.2) is 71.5 Å². The van der Waals surface area contributed by atoms with E-state index < -0.39 is 0 Å². The van der Waals surface area contributed by atoms with Crippen molar-refractivity contribution in [2.75, 3.05) is 18.0 Å². The van der Waals surface area contributed by atoms with E-state index in [1.54, 1.807) is 11.1 Å². The molecule has 0 bridgehead atoms. The van der Waals surface area contributed by atoms with Crippen molar-refractivity contribution < 1.29 is 4.79 Å². The molecule has 1 saturated heterocycles. The number of anilines is 1. The number of amides is 1. The van der Waals surface area contributed by atoms with Crippen LogP contribution in [0.2, 0.25) is 0 Å². The standard InChI is InChI=1S/C20H19ClN4O/c1-2-22-12-17-20(26)24-16-11-7-6-10-15(16)19(14-8-4-3-5-9-14)23-13-18(24)25(17)21/h3-12,18,22H,2,13H2,1H3. The van der Waals surface area contributed by atoms with E-state index in [0.29, 0.717) is 12.2 Å². The molecule has 1 N–H and O–H groups in total. The summed E-state index contributed by atoms with van der Waals surface area (Å²) >= 11 is 6.51. The van der Waals surface area contributed by atoms with Gasteiger partial charge in [-0.05, 0) is 13.0 Å². The number of carbonyl (C=O) groups is 1. The number of rotatable bonds is 3. The number of nitrogens with zero attached hydrogens (tertiary/aromatic N) is 3. The molecule has 4 rings (SSSR count). The van der Waals surface area contributed by atoms with Crippen LogP contribution in [0.4, 0.5) is 5.69 Å². The summed E-state index contributed by atoms with van der Waals surface area (Å²) in [6, 6.07) is 17.9. The number of benzene rings is 2. The minimum Gasteiger partial charge on any atom is -0.389 e. The highest BCUT2D eigenvalue weighted by Gasteiger charge is 2.44. The van der Waals surface area contributed by atoms with Crippen molar-refractivity contribution in [1.82, 2.24) is 9.74 Å². The van der Waals surface area contributed by atoms with Crippen LogP contribution in [-0.2, 0) is 4.79 Å². The molecule has 2 aliphatic heterocycles. The molecule has 26 heavy (non-hydrogen) atoms. The van der Waals surface area contributed by atoms with Gasteiger partial charge in [0.05, 0.1) is 17.9 Å². The maximum Gasteiger partial charge on any atom is 0.279 e. The number of halogens is 1. The third kappa shape index (κ3) is 2.65. The van der Waals surface area contributed by atoms with Gasteiger partial charge in [0, 0.05) is 35.6 Å². The zero-order chi connectivity index (χ0) is 18.1. The zero-order valence-corrected chi connectivity index (χ0v) is 15.1. The van der Waals surface area contributed by atoms with Gasteiger partial charge in [-0.25, -0.2) is 0 Å². The fraction of sp³-hybridized carbons (Fsp3) is 0.200. The fourth-order valence-corrected chi connectivity index (χ4v) is 3.61. The van der Waals surface area contributed by atoms with Crippen LogP contribution < -0.4 is 10.2 Å². The minimum atomic E-state index is -0.351. The van der Waals surface area contributed by atoms with Gasteiger partial charge in [0.15, 0.2) is 0 Å². The second kappa shape index (κ2) is 6.84. The summed E-state index contributed by atoms with van der Waals surface area (Å²) in [7, 11) is 0. The van der Waals surface area contributed by atoms with Gasteiger partial charge in [0.25, 0.3) is 5.91 Å². The predicted molar refractivity (Wildman–Crippen MR) is 104 cm³/mol. The number of aliphatic imine (C=N–C) groups is 1. The lowest BCUT2D eigenvalue weighted by atomic mass is 10.0. The second-order valence-corrected chi connectivity index (χ2v) is 6.49. The van der Waals surface area contributed by atoms with Crippen LogP contribution in [0.5, 0.6) is 0 Å². The molecule has 0 saturated carbocycles. The first kappa shape index (κ1) is 16.7. The highest BCUT2D eigenvalue weighted by atomic mass is 35.5. The topological polar surface area (TPSA) is 47.9 Å². The Hall–Kier alpha value is -2.79. The Morgan fingerprint density at radius 3 is 2.69 bits per heavy atom. The Balaban J connectivity index is 1.84. The molecule has 132 valence electrons. The summed E-state index contributed by atoms with van der Waals surface area (Å²) in [5.41, 5.74) is 4.10. The van der Waals surface area contributed by atoms with Crippen LogP contribution in [0.3, 0.4) is 0 Å². The quantitative estimate of drug-likeness (QED) is 0.670. The van der Waals surface area contributed by atoms with E-state index in [1.807, 2.05) is 61.5 Å². The molecule has 2 aromatic carbocycles. The lowest BCUT2D eigenvalue weighted by Crippen LogP contribution is -2.38. The van der Waals surface area contributed by atoms with Crippen molar-refractivity contribution in [2.45, 2.75) is 13.1 Å². The first-order valence-corrected chi connectivity index (χ1v) is 8.97. The van der Waals surface area contributed by atoms with E-state index in [0.717, 1.165) is 29.1 Å². The Kier molecular flexibility index (Phi) is 4.39. The average Bonchev–Trinajstić information content (AvgIpc) is 2.82. The minimum absolute atomic E-state index is 0.122. The van der Waals surface area contributed by atoms with Crippen LogP contribution in [0, 0.1) is 0 Å². The highest BCUT2D eigenvalue weighted by molar-refractivity contribution is 6.25. The maximum atomic E-state index is 13.1. The van der Waals surface area contributed by atoms with Gasteiger partial charge in [-0.2, -0.15) is 0 Å². The molecule has 1 fully saturated rings. The Bertz CT molecular complexity index is 894. The van der Waals surface area contributed by atoms with Crippen molar-refractivity contribution in [2.24, 2.45) is 4.99 Å². The summed E-state index contributed by atoms with van der Waals surface area (Å²) in [5.74, 6) is -0.122. The number of fused-ring (bicyclic) bond motifs is 3. The van der Waals surface area contributed by atoms with E-state index in [2.05, 4.69) is 5.32 Å². The van der Waals surface area contributed by atoms with Gasteiger partial charge in [-0.15, -0.1) is 0 Å². The summed E-state index contributed by atoms with van der Waals surface area (Å²) < 4.78 is 1.49. The maximum absolute atomic E-state index is 13.1. The van der Waals surface area contributed by atoms with Crippen LogP contribution >= 0.6 is 11.8 Å². The molecule has 0 aliphatic carbocycles. The van der Waals surface area contributed by atoms with E-state index in [4.69, 9.17) is 16.8 Å². The first-order chi connectivity index (χ1) is 12.7. The average molecular weight is 367 g/mol. The molecule has 0 spiro atoms. The Morgan fingerprint density at radius 2 is 1.92 bits per heavy atom.